The molecule has 3 nitrogen and oxygen atoms in total. The minimum absolute atomic E-state index is 0.0990. The zero-order chi connectivity index (χ0) is 14.4. The molecular formula is C17H20O3. The van der Waals surface area contributed by atoms with Gasteiger partial charge in [0.1, 0.15) is 5.78 Å². The van der Waals surface area contributed by atoms with Crippen LogP contribution >= 0.6 is 0 Å². The van der Waals surface area contributed by atoms with Gasteiger partial charge in [0.05, 0.1) is 7.11 Å². The number of carbonyl (C=O) groups is 2. The Labute approximate surface area is 119 Å². The van der Waals surface area contributed by atoms with Crippen molar-refractivity contribution in [3.63, 3.8) is 0 Å². The van der Waals surface area contributed by atoms with Gasteiger partial charge in [-0.2, -0.15) is 0 Å². The Balaban J connectivity index is 1.92. The smallest absolute Gasteiger partial charge is 0.305 e. The zero-order valence-corrected chi connectivity index (χ0v) is 11.7. The van der Waals surface area contributed by atoms with E-state index in [0.29, 0.717) is 19.3 Å². The van der Waals surface area contributed by atoms with E-state index >= 15 is 0 Å². The van der Waals surface area contributed by atoms with E-state index < -0.39 is 0 Å². The second-order valence-corrected chi connectivity index (χ2v) is 5.27. The van der Waals surface area contributed by atoms with Gasteiger partial charge in [0.2, 0.25) is 0 Å². The van der Waals surface area contributed by atoms with Crippen molar-refractivity contribution in [2.45, 2.75) is 25.7 Å². The monoisotopic (exact) mass is 272 g/mol. The number of rotatable bonds is 5. The van der Waals surface area contributed by atoms with Crippen LogP contribution in [-0.4, -0.2) is 18.9 Å². The molecule has 0 aliphatic heterocycles. The number of benzene rings is 1. The van der Waals surface area contributed by atoms with Gasteiger partial charge in [-0.15, -0.1) is 0 Å². The third-order valence-corrected chi connectivity index (χ3v) is 3.79. The standard InChI is InChI=1S/C17H20O3/c1-20-17(19)12-15-11-16(18)10-14(15)9-5-8-13-6-3-2-4-7-13/h2-7,9,14-15H,8,10-12H2,1H3. The molecule has 0 spiro atoms. The lowest BCUT2D eigenvalue weighted by Gasteiger charge is -2.13. The van der Waals surface area contributed by atoms with Crippen LogP contribution in [0.3, 0.4) is 0 Å². The van der Waals surface area contributed by atoms with Gasteiger partial charge in [-0.1, -0.05) is 42.5 Å². The third kappa shape index (κ3) is 4.05. The van der Waals surface area contributed by atoms with Crippen LogP contribution in [0, 0.1) is 11.8 Å². The maximum atomic E-state index is 11.6. The summed E-state index contributed by atoms with van der Waals surface area (Å²) in [6.45, 7) is 0. The summed E-state index contributed by atoms with van der Waals surface area (Å²) in [7, 11) is 1.39. The number of hydrogen-bond acceptors (Lipinski definition) is 3. The van der Waals surface area contributed by atoms with Crippen LogP contribution in [0.15, 0.2) is 42.5 Å². The molecule has 1 aromatic rings. The van der Waals surface area contributed by atoms with Crippen LogP contribution in [0.5, 0.6) is 0 Å². The van der Waals surface area contributed by atoms with E-state index in [1.54, 1.807) is 0 Å². The van der Waals surface area contributed by atoms with Crippen molar-refractivity contribution in [3.8, 4) is 0 Å². The third-order valence-electron chi connectivity index (χ3n) is 3.79. The molecular weight excluding hydrogens is 252 g/mol. The predicted molar refractivity (Wildman–Crippen MR) is 77.1 cm³/mol. The quantitative estimate of drug-likeness (QED) is 0.611. The summed E-state index contributed by atoms with van der Waals surface area (Å²) in [5.41, 5.74) is 1.25. The van der Waals surface area contributed by atoms with Crippen LogP contribution in [-0.2, 0) is 20.7 Å². The van der Waals surface area contributed by atoms with Crippen LogP contribution in [0.1, 0.15) is 24.8 Å². The zero-order valence-electron chi connectivity index (χ0n) is 11.7. The number of methoxy groups -OCH3 is 1. The molecule has 3 heteroatoms. The Kier molecular flexibility index (Phi) is 5.10. The lowest BCUT2D eigenvalue weighted by molar-refractivity contribution is -0.141. The Hall–Kier alpha value is -1.90. The van der Waals surface area contributed by atoms with Crippen molar-refractivity contribution in [1.82, 2.24) is 0 Å². The van der Waals surface area contributed by atoms with Crippen LogP contribution in [0.4, 0.5) is 0 Å². The van der Waals surface area contributed by atoms with E-state index in [1.807, 2.05) is 18.2 Å². The average Bonchev–Trinajstić information content (AvgIpc) is 2.80. The topological polar surface area (TPSA) is 43.4 Å². The summed E-state index contributed by atoms with van der Waals surface area (Å²) >= 11 is 0. The number of carbonyl (C=O) groups excluding carboxylic acids is 2. The van der Waals surface area contributed by atoms with E-state index in [2.05, 4.69) is 24.3 Å². The lowest BCUT2D eigenvalue weighted by Crippen LogP contribution is -2.12. The Morgan fingerprint density at radius 2 is 2.05 bits per heavy atom. The number of allylic oxidation sites excluding steroid dienone is 2. The minimum atomic E-state index is -0.230. The van der Waals surface area contributed by atoms with Crippen molar-refractivity contribution in [2.75, 3.05) is 7.11 Å². The van der Waals surface area contributed by atoms with E-state index in [1.165, 1.54) is 12.7 Å². The van der Waals surface area contributed by atoms with Crippen molar-refractivity contribution in [2.24, 2.45) is 11.8 Å². The SMILES string of the molecule is COC(=O)CC1CC(=O)CC1C=CCc1ccccc1. The highest BCUT2D eigenvalue weighted by Gasteiger charge is 2.32. The summed E-state index contributed by atoms with van der Waals surface area (Å²) in [5.74, 6) is 0.284. The molecule has 1 aliphatic carbocycles. The number of ketones is 1. The first-order valence-electron chi connectivity index (χ1n) is 6.98. The van der Waals surface area contributed by atoms with E-state index in [9.17, 15) is 9.59 Å². The predicted octanol–water partition coefficient (Wildman–Crippen LogP) is 2.94. The molecule has 1 fully saturated rings. The van der Waals surface area contributed by atoms with Gasteiger partial charge in [-0.25, -0.2) is 0 Å². The maximum Gasteiger partial charge on any atom is 0.305 e. The second-order valence-electron chi connectivity index (χ2n) is 5.27. The van der Waals surface area contributed by atoms with Gasteiger partial charge in [0.15, 0.2) is 0 Å². The first kappa shape index (κ1) is 14.5. The fourth-order valence-electron chi connectivity index (χ4n) is 2.70. The second kappa shape index (κ2) is 7.04. The van der Waals surface area contributed by atoms with Crippen molar-refractivity contribution in [3.05, 3.63) is 48.0 Å². The fourth-order valence-corrected chi connectivity index (χ4v) is 2.70. The molecule has 0 N–H and O–H groups in total. The average molecular weight is 272 g/mol. The molecule has 0 bridgehead atoms. The lowest BCUT2D eigenvalue weighted by atomic mass is 9.92. The fraction of sp³-hybridized carbons (Fsp3) is 0.412. The highest BCUT2D eigenvalue weighted by Crippen LogP contribution is 2.33. The highest BCUT2D eigenvalue weighted by atomic mass is 16.5. The minimum Gasteiger partial charge on any atom is -0.469 e. The van der Waals surface area contributed by atoms with E-state index in [4.69, 9.17) is 4.74 Å². The highest BCUT2D eigenvalue weighted by molar-refractivity contribution is 5.82. The van der Waals surface area contributed by atoms with Gasteiger partial charge in [-0.3, -0.25) is 9.59 Å². The molecule has 1 saturated carbocycles. The molecule has 0 aromatic heterocycles. The number of esters is 1. The molecule has 20 heavy (non-hydrogen) atoms. The van der Waals surface area contributed by atoms with Gasteiger partial charge in [0, 0.05) is 19.3 Å². The number of ether oxygens (including phenoxy) is 1. The maximum absolute atomic E-state index is 11.6. The Bertz CT molecular complexity index is 490. The summed E-state index contributed by atoms with van der Waals surface area (Å²) < 4.78 is 4.70. The van der Waals surface area contributed by atoms with Crippen LogP contribution in [0.2, 0.25) is 0 Å². The van der Waals surface area contributed by atoms with Gasteiger partial charge < -0.3 is 4.74 Å². The van der Waals surface area contributed by atoms with Gasteiger partial charge >= 0.3 is 5.97 Å². The molecule has 2 unspecified atom stereocenters. The van der Waals surface area contributed by atoms with Gasteiger partial charge in [0.25, 0.3) is 0 Å². The number of Topliss-reactive ketones (excluding diaryl/α,β-unsaturated/α-hetero) is 1. The molecule has 0 radical (unpaired) electrons. The van der Waals surface area contributed by atoms with E-state index in [0.717, 1.165) is 6.42 Å². The van der Waals surface area contributed by atoms with Crippen molar-refractivity contribution < 1.29 is 14.3 Å². The molecule has 1 aliphatic rings. The van der Waals surface area contributed by atoms with Crippen molar-refractivity contribution in [1.29, 1.82) is 0 Å². The molecule has 106 valence electrons. The molecule has 2 atom stereocenters. The van der Waals surface area contributed by atoms with Crippen molar-refractivity contribution >= 4 is 11.8 Å². The Morgan fingerprint density at radius 1 is 1.30 bits per heavy atom. The first-order chi connectivity index (χ1) is 9.69. The molecule has 2 rings (SSSR count). The molecule has 0 saturated heterocycles. The first-order valence-corrected chi connectivity index (χ1v) is 6.98. The summed E-state index contributed by atoms with van der Waals surface area (Å²) in [6, 6.07) is 10.2. The summed E-state index contributed by atoms with van der Waals surface area (Å²) in [4.78, 5) is 22.9. The molecule has 0 amide bonds. The normalized spacial score (nSPS) is 22.4. The molecule has 1 aromatic carbocycles. The van der Waals surface area contributed by atoms with Gasteiger partial charge in [-0.05, 0) is 23.8 Å². The Morgan fingerprint density at radius 3 is 2.75 bits per heavy atom. The van der Waals surface area contributed by atoms with Crippen LogP contribution in [0.25, 0.3) is 0 Å². The largest absolute Gasteiger partial charge is 0.469 e. The van der Waals surface area contributed by atoms with Crippen LogP contribution < -0.4 is 0 Å². The summed E-state index contributed by atoms with van der Waals surface area (Å²) in [5, 5.41) is 0. The summed E-state index contributed by atoms with van der Waals surface area (Å²) in [6.07, 6.45) is 6.43. The van der Waals surface area contributed by atoms with E-state index in [-0.39, 0.29) is 23.6 Å². The number of hydrogen-bond donors (Lipinski definition) is 0. The molecule has 0 heterocycles.